The van der Waals surface area contributed by atoms with Crippen LogP contribution in [0.15, 0.2) is 91.0 Å². The van der Waals surface area contributed by atoms with Crippen molar-refractivity contribution in [1.29, 1.82) is 0 Å². The molecule has 4 aromatic carbocycles. The summed E-state index contributed by atoms with van der Waals surface area (Å²) in [4.78, 5) is 30.7. The van der Waals surface area contributed by atoms with Crippen molar-refractivity contribution in [3.8, 4) is 11.5 Å². The third-order valence-corrected chi connectivity index (χ3v) is 8.97. The Morgan fingerprint density at radius 2 is 1.71 bits per heavy atom. The number of ether oxygens (including phenoxy) is 2. The van der Waals surface area contributed by atoms with Crippen LogP contribution in [-0.2, 0) is 30.5 Å². The Bertz CT molecular complexity index is 1800. The standard InChI is InChI=1S/C40H44F3N3O5/c1-26-7-5-8-31(19-26)25-50-33-17-13-30(14-18-33)22-45(4)23-36-27(2)21-46(28(3)24-47)39(49)34-9-6-10-35(38(34)51-36)44-37(48)20-29-11-15-32(16-12-29)40(41,42)43/h5-19,27-28,36,47H,20-25H2,1-4H3,(H,44,48)/t27-,28+,36-/m1/s1. The van der Waals surface area contributed by atoms with Gasteiger partial charge in [0.15, 0.2) is 5.75 Å². The number of alkyl halides is 3. The van der Waals surface area contributed by atoms with Crippen molar-refractivity contribution < 1.29 is 37.3 Å². The zero-order chi connectivity index (χ0) is 36.7. The summed E-state index contributed by atoms with van der Waals surface area (Å²) in [6.07, 6.45) is -5.07. The Hall–Kier alpha value is -4.87. The first-order valence-electron chi connectivity index (χ1n) is 16.9. The predicted molar refractivity (Wildman–Crippen MR) is 190 cm³/mol. The number of amides is 2. The molecule has 0 radical (unpaired) electrons. The number of hydrogen-bond donors (Lipinski definition) is 2. The number of aliphatic hydroxyl groups is 1. The Morgan fingerprint density at radius 3 is 2.37 bits per heavy atom. The molecule has 0 saturated heterocycles. The number of likely N-dealkylation sites (N-methyl/N-ethyl adjacent to an activating group) is 1. The molecule has 4 aromatic rings. The van der Waals surface area contributed by atoms with E-state index in [0.717, 1.165) is 29.0 Å². The number of benzene rings is 4. The lowest BCUT2D eigenvalue weighted by Crippen LogP contribution is -2.49. The van der Waals surface area contributed by atoms with Crippen molar-refractivity contribution in [2.24, 2.45) is 5.92 Å². The molecule has 2 N–H and O–H groups in total. The molecule has 51 heavy (non-hydrogen) atoms. The minimum atomic E-state index is -4.48. The maximum atomic E-state index is 13.8. The molecule has 2 amide bonds. The largest absolute Gasteiger partial charge is 0.489 e. The van der Waals surface area contributed by atoms with Gasteiger partial charge in [-0.15, -0.1) is 0 Å². The van der Waals surface area contributed by atoms with Gasteiger partial charge in [-0.3, -0.25) is 14.5 Å². The number of anilines is 1. The van der Waals surface area contributed by atoms with E-state index in [1.807, 2.05) is 63.4 Å². The van der Waals surface area contributed by atoms with Crippen LogP contribution in [0.4, 0.5) is 18.9 Å². The number of rotatable bonds is 12. The maximum Gasteiger partial charge on any atom is 0.416 e. The normalized spacial score (nSPS) is 16.9. The average molecular weight is 704 g/mol. The highest BCUT2D eigenvalue weighted by Crippen LogP contribution is 2.35. The first-order chi connectivity index (χ1) is 24.3. The van der Waals surface area contributed by atoms with Gasteiger partial charge in [0.2, 0.25) is 5.91 Å². The van der Waals surface area contributed by atoms with Gasteiger partial charge >= 0.3 is 6.18 Å². The quantitative estimate of drug-likeness (QED) is 0.163. The molecule has 0 fully saturated rings. The van der Waals surface area contributed by atoms with Crippen LogP contribution in [0, 0.1) is 12.8 Å². The number of fused-ring (bicyclic) bond motifs is 1. The molecule has 3 atom stereocenters. The number of para-hydroxylation sites is 1. The van der Waals surface area contributed by atoms with E-state index >= 15 is 0 Å². The number of carbonyl (C=O) groups is 2. The van der Waals surface area contributed by atoms with Gasteiger partial charge in [-0.05, 0) is 74.0 Å². The van der Waals surface area contributed by atoms with Crippen LogP contribution in [0.2, 0.25) is 0 Å². The third-order valence-electron chi connectivity index (χ3n) is 8.97. The average Bonchev–Trinajstić information content (AvgIpc) is 3.09. The fourth-order valence-corrected chi connectivity index (χ4v) is 6.09. The van der Waals surface area contributed by atoms with E-state index in [1.54, 1.807) is 30.0 Å². The zero-order valence-corrected chi connectivity index (χ0v) is 29.2. The Morgan fingerprint density at radius 1 is 1.02 bits per heavy atom. The summed E-state index contributed by atoms with van der Waals surface area (Å²) >= 11 is 0. The summed E-state index contributed by atoms with van der Waals surface area (Å²) in [5.74, 6) is 0.00102. The van der Waals surface area contributed by atoms with Gasteiger partial charge in [0.05, 0.1) is 35.9 Å². The number of halogens is 3. The molecule has 8 nitrogen and oxygen atoms in total. The summed E-state index contributed by atoms with van der Waals surface area (Å²) < 4.78 is 51.7. The molecule has 0 spiro atoms. The van der Waals surface area contributed by atoms with Gasteiger partial charge in [0.1, 0.15) is 18.5 Å². The topological polar surface area (TPSA) is 91.3 Å². The van der Waals surface area contributed by atoms with Crippen molar-refractivity contribution in [2.75, 3.05) is 32.1 Å². The van der Waals surface area contributed by atoms with Crippen LogP contribution in [0.5, 0.6) is 11.5 Å². The van der Waals surface area contributed by atoms with Crippen LogP contribution >= 0.6 is 0 Å². The second kappa shape index (κ2) is 16.4. The van der Waals surface area contributed by atoms with Gasteiger partial charge in [-0.2, -0.15) is 13.2 Å². The minimum absolute atomic E-state index is 0.160. The fourth-order valence-electron chi connectivity index (χ4n) is 6.09. The van der Waals surface area contributed by atoms with E-state index in [9.17, 15) is 27.9 Å². The first-order valence-corrected chi connectivity index (χ1v) is 16.9. The zero-order valence-electron chi connectivity index (χ0n) is 29.2. The summed E-state index contributed by atoms with van der Waals surface area (Å²) in [5, 5.41) is 12.8. The van der Waals surface area contributed by atoms with Crippen molar-refractivity contribution >= 4 is 17.5 Å². The molecular weight excluding hydrogens is 659 g/mol. The van der Waals surface area contributed by atoms with Crippen LogP contribution in [0.3, 0.4) is 0 Å². The summed E-state index contributed by atoms with van der Waals surface area (Å²) in [6, 6.07) is 25.0. The first kappa shape index (κ1) is 37.4. The van der Waals surface area contributed by atoms with E-state index in [0.29, 0.717) is 31.8 Å². The number of nitrogens with zero attached hydrogens (tertiary/aromatic N) is 2. The van der Waals surface area contributed by atoms with Crippen molar-refractivity contribution in [3.63, 3.8) is 0 Å². The van der Waals surface area contributed by atoms with E-state index in [-0.39, 0.29) is 41.9 Å². The van der Waals surface area contributed by atoms with E-state index in [1.165, 1.54) is 17.7 Å². The van der Waals surface area contributed by atoms with Crippen LogP contribution in [0.25, 0.3) is 0 Å². The number of hydrogen-bond acceptors (Lipinski definition) is 6. The fraction of sp³-hybridized carbons (Fsp3) is 0.350. The lowest BCUT2D eigenvalue weighted by Gasteiger charge is -2.38. The predicted octanol–water partition coefficient (Wildman–Crippen LogP) is 7.13. The lowest BCUT2D eigenvalue weighted by molar-refractivity contribution is -0.137. The molecule has 1 heterocycles. The van der Waals surface area contributed by atoms with E-state index in [2.05, 4.69) is 16.3 Å². The van der Waals surface area contributed by atoms with E-state index < -0.39 is 29.8 Å². The second-order valence-electron chi connectivity index (χ2n) is 13.3. The van der Waals surface area contributed by atoms with Crippen LogP contribution in [0.1, 0.15) is 52.0 Å². The molecule has 0 aromatic heterocycles. The summed E-state index contributed by atoms with van der Waals surface area (Å²) in [7, 11) is 1.98. The lowest BCUT2D eigenvalue weighted by atomic mass is 9.98. The summed E-state index contributed by atoms with van der Waals surface area (Å²) in [5.41, 5.74) is 3.47. The third kappa shape index (κ3) is 9.89. The number of aliphatic hydroxyl groups excluding tert-OH is 1. The van der Waals surface area contributed by atoms with Crippen LogP contribution < -0.4 is 14.8 Å². The molecule has 270 valence electrons. The van der Waals surface area contributed by atoms with Gasteiger partial charge in [0.25, 0.3) is 5.91 Å². The monoisotopic (exact) mass is 703 g/mol. The molecule has 0 bridgehead atoms. The van der Waals surface area contributed by atoms with Crippen molar-refractivity contribution in [1.82, 2.24) is 9.80 Å². The van der Waals surface area contributed by atoms with Crippen molar-refractivity contribution in [2.45, 2.75) is 58.7 Å². The smallest absolute Gasteiger partial charge is 0.416 e. The highest BCUT2D eigenvalue weighted by Gasteiger charge is 2.35. The molecule has 11 heteroatoms. The summed E-state index contributed by atoms with van der Waals surface area (Å²) in [6.45, 7) is 7.50. The van der Waals surface area contributed by atoms with Gasteiger partial charge in [-0.1, -0.05) is 67.1 Å². The highest BCUT2D eigenvalue weighted by molar-refractivity contribution is 6.02. The molecule has 5 rings (SSSR count). The second-order valence-corrected chi connectivity index (χ2v) is 13.3. The molecule has 0 saturated carbocycles. The highest BCUT2D eigenvalue weighted by atomic mass is 19.4. The Kier molecular flexibility index (Phi) is 12.0. The molecule has 0 unspecified atom stereocenters. The number of nitrogens with one attached hydrogen (secondary N) is 1. The Labute approximate surface area is 296 Å². The van der Waals surface area contributed by atoms with Crippen LogP contribution in [-0.4, -0.2) is 65.6 Å². The molecule has 0 aliphatic carbocycles. The number of aryl methyl sites for hydroxylation is 1. The molecule has 1 aliphatic heterocycles. The van der Waals surface area contributed by atoms with E-state index in [4.69, 9.17) is 9.47 Å². The van der Waals surface area contributed by atoms with Gasteiger partial charge in [-0.25, -0.2) is 0 Å². The molecular formula is C40H44F3N3O5. The Balaban J connectivity index is 1.31. The minimum Gasteiger partial charge on any atom is -0.489 e. The molecule has 1 aliphatic rings. The van der Waals surface area contributed by atoms with Crippen molar-refractivity contribution in [3.05, 3.63) is 124 Å². The maximum absolute atomic E-state index is 13.8. The van der Waals surface area contributed by atoms with Gasteiger partial charge < -0.3 is 24.8 Å². The number of carbonyl (C=O) groups excluding carboxylic acids is 2. The van der Waals surface area contributed by atoms with Gasteiger partial charge in [0, 0.05) is 25.6 Å². The SMILES string of the molecule is Cc1cccc(COc2ccc(CN(C)C[C@H]3Oc4c(NC(=O)Cc5ccc(C(F)(F)F)cc5)cccc4C(=O)N([C@@H](C)CO)C[C@H]3C)cc2)c1.